The van der Waals surface area contributed by atoms with Crippen molar-refractivity contribution >= 4 is 0 Å². The van der Waals surface area contributed by atoms with Crippen LogP contribution in [-0.2, 0) is 20.1 Å². The van der Waals surface area contributed by atoms with Gasteiger partial charge in [0.2, 0.25) is 0 Å². The van der Waals surface area contributed by atoms with Crippen LogP contribution in [0.5, 0.6) is 0 Å². The Morgan fingerprint density at radius 2 is 1.44 bits per heavy atom. The molecule has 2 unspecified atom stereocenters. The number of benzene rings is 3. The molecule has 0 saturated heterocycles. The summed E-state index contributed by atoms with van der Waals surface area (Å²) in [4.78, 5) is 0. The first-order valence-electron chi connectivity index (χ1n) is 10.3. The third kappa shape index (κ3) is 7.33. The Hall–Kier alpha value is -2.84. The molecule has 34 heavy (non-hydrogen) atoms. The van der Waals surface area contributed by atoms with E-state index in [1.54, 1.807) is 42.7 Å². The fourth-order valence-corrected chi connectivity index (χ4v) is 3.14. The standard InChI is InChI=1S/C20H11F3N3.C5H12O2.Ir/c21-15-8-4-13(5-9-15)19-24-25-20(14-6-10-16(22)11-7-14)26(19)18-3-1-2-17(23)12-18;1-4(6)3-5(2)7;/h1-6,8-12H;4-7H,3H2,1-2H3;/q-1;;. The minimum absolute atomic E-state index is 0. The number of aliphatic hydroxyl groups is 2. The summed E-state index contributed by atoms with van der Waals surface area (Å²) in [5.74, 6) is -0.449. The molecule has 4 aromatic rings. The number of hydrogen-bond donors (Lipinski definition) is 2. The molecule has 3 aromatic carbocycles. The Morgan fingerprint density at radius 1 is 0.824 bits per heavy atom. The Labute approximate surface area is 209 Å². The molecule has 9 heteroatoms. The minimum Gasteiger partial charge on any atom is -0.393 e. The Balaban J connectivity index is 0.000000449. The fraction of sp³-hybridized carbons (Fsp3) is 0.200. The van der Waals surface area contributed by atoms with Crippen LogP contribution in [0.4, 0.5) is 13.2 Å². The Bertz CT molecular complexity index is 1110. The van der Waals surface area contributed by atoms with Crippen molar-refractivity contribution in [1.29, 1.82) is 0 Å². The number of aromatic nitrogens is 3. The van der Waals surface area contributed by atoms with Crippen LogP contribution in [0.15, 0.2) is 66.7 Å². The number of hydrogen-bond acceptors (Lipinski definition) is 4. The maximum atomic E-state index is 13.8. The normalized spacial score (nSPS) is 12.2. The molecular weight excluding hydrogens is 624 g/mol. The van der Waals surface area contributed by atoms with E-state index < -0.39 is 11.6 Å². The SMILES string of the molecule is CC(O)CC(C)O.Fc1c[c-]c(-c2nnc(-c3ccc(F)cc3)n2-c2cccc(F)c2)cc1.[Ir]. The van der Waals surface area contributed by atoms with Gasteiger partial charge < -0.3 is 14.8 Å². The van der Waals surface area contributed by atoms with Crippen molar-refractivity contribution in [2.45, 2.75) is 32.5 Å². The molecule has 1 radical (unpaired) electrons. The molecule has 5 nitrogen and oxygen atoms in total. The van der Waals surface area contributed by atoms with Gasteiger partial charge >= 0.3 is 0 Å². The van der Waals surface area contributed by atoms with Gasteiger partial charge in [0.05, 0.1) is 18.0 Å². The monoisotopic (exact) mass is 647 g/mol. The number of aliphatic hydroxyl groups excluding tert-OH is 2. The van der Waals surface area contributed by atoms with Gasteiger partial charge in [0.1, 0.15) is 11.6 Å². The van der Waals surface area contributed by atoms with Gasteiger partial charge in [-0.25, -0.2) is 8.78 Å². The van der Waals surface area contributed by atoms with Gasteiger partial charge in [-0.15, -0.1) is 34.9 Å². The molecule has 4 rings (SSSR count). The third-order valence-corrected chi connectivity index (χ3v) is 4.53. The van der Waals surface area contributed by atoms with Crippen molar-refractivity contribution in [3.05, 3.63) is 90.2 Å². The van der Waals surface area contributed by atoms with Crippen molar-refractivity contribution in [2.75, 3.05) is 0 Å². The Kier molecular flexibility index (Phi) is 10.1. The first-order chi connectivity index (χ1) is 15.7. The van der Waals surface area contributed by atoms with Crippen LogP contribution in [0.3, 0.4) is 0 Å². The second-order valence-corrected chi connectivity index (χ2v) is 7.52. The molecule has 181 valence electrons. The van der Waals surface area contributed by atoms with Gasteiger partial charge in [-0.1, -0.05) is 6.07 Å². The van der Waals surface area contributed by atoms with E-state index in [1.165, 1.54) is 42.5 Å². The summed E-state index contributed by atoms with van der Waals surface area (Å²) in [5, 5.41) is 25.5. The summed E-state index contributed by atoms with van der Waals surface area (Å²) >= 11 is 0. The molecule has 0 aliphatic rings. The smallest absolute Gasteiger partial charge is 0.159 e. The number of nitrogens with zero attached hydrogens (tertiary/aromatic N) is 3. The predicted octanol–water partition coefficient (Wildman–Crippen LogP) is 4.95. The van der Waals surface area contributed by atoms with Crippen LogP contribution in [0, 0.1) is 23.5 Å². The fourth-order valence-electron chi connectivity index (χ4n) is 3.14. The van der Waals surface area contributed by atoms with Gasteiger partial charge in [-0.2, -0.15) is 5.10 Å². The topological polar surface area (TPSA) is 71.2 Å². The van der Waals surface area contributed by atoms with Crippen molar-refractivity contribution in [1.82, 2.24) is 14.8 Å². The average molecular weight is 647 g/mol. The van der Waals surface area contributed by atoms with E-state index >= 15 is 0 Å². The summed E-state index contributed by atoms with van der Waals surface area (Å²) in [6.45, 7) is 3.32. The van der Waals surface area contributed by atoms with E-state index in [4.69, 9.17) is 10.2 Å². The third-order valence-electron chi connectivity index (χ3n) is 4.53. The van der Waals surface area contributed by atoms with E-state index in [9.17, 15) is 13.2 Å². The van der Waals surface area contributed by atoms with E-state index in [1.807, 2.05) is 0 Å². The van der Waals surface area contributed by atoms with Gasteiger partial charge in [0, 0.05) is 37.2 Å². The molecule has 1 aromatic heterocycles. The van der Waals surface area contributed by atoms with Gasteiger partial charge in [0.15, 0.2) is 5.82 Å². The van der Waals surface area contributed by atoms with Crippen molar-refractivity contribution < 1.29 is 43.5 Å². The molecule has 0 amide bonds. The van der Waals surface area contributed by atoms with Crippen molar-refractivity contribution in [3.8, 4) is 28.5 Å². The predicted molar refractivity (Wildman–Crippen MR) is 119 cm³/mol. The zero-order valence-electron chi connectivity index (χ0n) is 18.4. The number of halogens is 3. The van der Waals surface area contributed by atoms with Gasteiger partial charge in [-0.05, 0) is 62.7 Å². The maximum Gasteiger partial charge on any atom is 0.159 e. The van der Waals surface area contributed by atoms with Crippen LogP contribution >= 0.6 is 0 Å². The van der Waals surface area contributed by atoms with E-state index in [0.717, 1.165) is 0 Å². The minimum atomic E-state index is -0.427. The maximum absolute atomic E-state index is 13.8. The first kappa shape index (κ1) is 27.4. The van der Waals surface area contributed by atoms with Crippen LogP contribution in [-0.4, -0.2) is 37.2 Å². The molecule has 1 heterocycles. The first-order valence-corrected chi connectivity index (χ1v) is 10.3. The summed E-state index contributed by atoms with van der Waals surface area (Å²) in [7, 11) is 0. The molecular formula is C25H23F3IrN3O2-. The summed E-state index contributed by atoms with van der Waals surface area (Å²) < 4.78 is 41.9. The molecule has 2 N–H and O–H groups in total. The molecule has 0 aliphatic heterocycles. The van der Waals surface area contributed by atoms with Gasteiger partial charge in [0.25, 0.3) is 0 Å². The molecule has 0 saturated carbocycles. The molecule has 0 bridgehead atoms. The molecule has 2 atom stereocenters. The van der Waals surface area contributed by atoms with Gasteiger partial charge in [-0.3, -0.25) is 4.39 Å². The number of rotatable bonds is 5. The zero-order chi connectivity index (χ0) is 24.0. The zero-order valence-corrected chi connectivity index (χ0v) is 20.8. The summed E-state index contributed by atoms with van der Waals surface area (Å²) in [5.41, 5.74) is 1.59. The second kappa shape index (κ2) is 12.6. The largest absolute Gasteiger partial charge is 0.393 e. The van der Waals surface area contributed by atoms with Crippen LogP contribution in [0.1, 0.15) is 20.3 Å². The van der Waals surface area contributed by atoms with Crippen LogP contribution in [0.25, 0.3) is 28.5 Å². The van der Waals surface area contributed by atoms with Crippen molar-refractivity contribution in [2.24, 2.45) is 0 Å². The summed E-state index contributed by atoms with van der Waals surface area (Å²) in [6, 6.07) is 18.5. The average Bonchev–Trinajstić information content (AvgIpc) is 3.19. The van der Waals surface area contributed by atoms with Crippen LogP contribution < -0.4 is 0 Å². The van der Waals surface area contributed by atoms with E-state index in [0.29, 0.717) is 34.9 Å². The van der Waals surface area contributed by atoms with Crippen LogP contribution in [0.2, 0.25) is 0 Å². The molecule has 0 spiro atoms. The molecule has 0 aliphatic carbocycles. The quantitative estimate of drug-likeness (QED) is 0.301. The molecule has 0 fully saturated rings. The van der Waals surface area contributed by atoms with E-state index in [-0.39, 0.29) is 38.1 Å². The van der Waals surface area contributed by atoms with Crippen molar-refractivity contribution in [3.63, 3.8) is 0 Å². The second-order valence-electron chi connectivity index (χ2n) is 7.52. The Morgan fingerprint density at radius 3 is 1.97 bits per heavy atom. The van der Waals surface area contributed by atoms with E-state index in [2.05, 4.69) is 16.3 Å². The summed E-state index contributed by atoms with van der Waals surface area (Å²) in [6.07, 6.45) is -0.278.